The highest BCUT2D eigenvalue weighted by Crippen LogP contribution is 2.41. The van der Waals surface area contributed by atoms with E-state index in [0.717, 1.165) is 31.7 Å². The number of esters is 1. The van der Waals surface area contributed by atoms with Crippen LogP contribution in [0.15, 0.2) is 54.6 Å². The zero-order valence-corrected chi connectivity index (χ0v) is 15.6. The molecule has 134 valence electrons. The number of fused-ring (bicyclic) bond motifs is 1. The van der Waals surface area contributed by atoms with Gasteiger partial charge in [-0.25, -0.2) is 4.79 Å². The van der Waals surface area contributed by atoms with Gasteiger partial charge in [0.2, 0.25) is 5.82 Å². The molecule has 2 aromatic carbocycles. The number of methoxy groups -OCH3 is 1. The van der Waals surface area contributed by atoms with Crippen molar-refractivity contribution in [3.05, 3.63) is 59.5 Å². The number of carbonyl (C=O) groups excluding carboxylic acids is 1. The fourth-order valence-electron chi connectivity index (χ4n) is 2.89. The van der Waals surface area contributed by atoms with Crippen molar-refractivity contribution in [3.8, 4) is 21.8 Å². The van der Waals surface area contributed by atoms with Gasteiger partial charge in [-0.2, -0.15) is 4.80 Å². The predicted octanol–water partition coefficient (Wildman–Crippen LogP) is 3.95. The molecule has 6 nitrogen and oxygen atoms in total. The molecule has 0 amide bonds. The molecule has 27 heavy (non-hydrogen) atoms. The van der Waals surface area contributed by atoms with Crippen LogP contribution < -0.4 is 0 Å². The molecule has 4 aromatic rings. The average Bonchev–Trinajstić information content (AvgIpc) is 3.31. The van der Waals surface area contributed by atoms with Crippen LogP contribution in [0.5, 0.6) is 0 Å². The third kappa shape index (κ3) is 3.37. The molecule has 0 spiro atoms. The first-order chi connectivity index (χ1) is 13.2. The molecular formula is C20H16N4O2S. The minimum atomic E-state index is -0.394. The number of thiophene rings is 1. The van der Waals surface area contributed by atoms with E-state index in [4.69, 9.17) is 0 Å². The third-order valence-electron chi connectivity index (χ3n) is 4.12. The second kappa shape index (κ2) is 7.13. The van der Waals surface area contributed by atoms with Crippen LogP contribution in [0.25, 0.3) is 38.7 Å². The van der Waals surface area contributed by atoms with Crippen LogP contribution >= 0.6 is 11.3 Å². The Morgan fingerprint density at radius 2 is 1.96 bits per heavy atom. The summed E-state index contributed by atoms with van der Waals surface area (Å²) >= 11 is 1.57. The lowest BCUT2D eigenvalue weighted by molar-refractivity contribution is -0.134. The van der Waals surface area contributed by atoms with Crippen molar-refractivity contribution in [2.24, 2.45) is 7.05 Å². The Morgan fingerprint density at radius 1 is 1.15 bits per heavy atom. The van der Waals surface area contributed by atoms with Crippen molar-refractivity contribution in [1.29, 1.82) is 0 Å². The van der Waals surface area contributed by atoms with E-state index in [1.807, 2.05) is 24.3 Å². The summed E-state index contributed by atoms with van der Waals surface area (Å²) in [5.74, 6) is 0.156. The van der Waals surface area contributed by atoms with Crippen LogP contribution in [0.3, 0.4) is 0 Å². The predicted molar refractivity (Wildman–Crippen MR) is 106 cm³/mol. The van der Waals surface area contributed by atoms with Gasteiger partial charge in [-0.3, -0.25) is 0 Å². The highest BCUT2D eigenvalue weighted by Gasteiger charge is 2.17. The number of hydrogen-bond donors (Lipinski definition) is 0. The molecule has 4 rings (SSSR count). The van der Waals surface area contributed by atoms with E-state index in [-0.39, 0.29) is 0 Å². The number of hydrogen-bond acceptors (Lipinski definition) is 6. The second-order valence-corrected chi connectivity index (χ2v) is 6.96. The van der Waals surface area contributed by atoms with Gasteiger partial charge in [-0.1, -0.05) is 42.5 Å². The van der Waals surface area contributed by atoms with E-state index in [9.17, 15) is 4.79 Å². The second-order valence-electron chi connectivity index (χ2n) is 5.88. The van der Waals surface area contributed by atoms with Crippen LogP contribution in [0.2, 0.25) is 0 Å². The average molecular weight is 376 g/mol. The van der Waals surface area contributed by atoms with Crippen molar-refractivity contribution < 1.29 is 9.53 Å². The van der Waals surface area contributed by atoms with Gasteiger partial charge < -0.3 is 4.74 Å². The summed E-state index contributed by atoms with van der Waals surface area (Å²) in [7, 11) is 3.09. The molecule has 0 aliphatic heterocycles. The standard InChI is InChI=1S/C20H16N4O2S/c1-24-22-20(21-23-24)17-12-14(10-11-18(25)26-2)27-19(17)16-9-5-7-13-6-3-4-8-15(13)16/h3-12H,1-2H3. The summed E-state index contributed by atoms with van der Waals surface area (Å²) in [5, 5.41) is 14.8. The third-order valence-corrected chi connectivity index (χ3v) is 5.25. The van der Waals surface area contributed by atoms with E-state index in [0.29, 0.717) is 5.82 Å². The molecule has 0 atom stereocenters. The topological polar surface area (TPSA) is 69.9 Å². The Hall–Kier alpha value is -3.32. The minimum absolute atomic E-state index is 0.394. The van der Waals surface area contributed by atoms with Crippen molar-refractivity contribution in [2.45, 2.75) is 0 Å². The summed E-state index contributed by atoms with van der Waals surface area (Å²) in [6.07, 6.45) is 3.15. The van der Waals surface area contributed by atoms with Gasteiger partial charge >= 0.3 is 5.97 Å². The lowest BCUT2D eigenvalue weighted by atomic mass is 10.0. The molecule has 2 heterocycles. The van der Waals surface area contributed by atoms with Gasteiger partial charge in [0.1, 0.15) is 0 Å². The zero-order chi connectivity index (χ0) is 18.8. The maximum Gasteiger partial charge on any atom is 0.330 e. The van der Waals surface area contributed by atoms with Crippen LogP contribution in [0.4, 0.5) is 0 Å². The van der Waals surface area contributed by atoms with E-state index < -0.39 is 5.97 Å². The van der Waals surface area contributed by atoms with Crippen molar-refractivity contribution in [3.63, 3.8) is 0 Å². The number of benzene rings is 2. The molecule has 0 unspecified atom stereocenters. The molecule has 0 saturated heterocycles. The summed E-state index contributed by atoms with van der Waals surface area (Å²) in [6, 6.07) is 16.4. The number of aromatic nitrogens is 4. The summed E-state index contributed by atoms with van der Waals surface area (Å²) in [4.78, 5) is 14.8. The van der Waals surface area contributed by atoms with Gasteiger partial charge in [0.05, 0.1) is 14.2 Å². The highest BCUT2D eigenvalue weighted by atomic mass is 32.1. The van der Waals surface area contributed by atoms with E-state index in [1.165, 1.54) is 18.0 Å². The maximum atomic E-state index is 11.5. The molecule has 0 aliphatic carbocycles. The van der Waals surface area contributed by atoms with Crippen molar-refractivity contribution >= 4 is 34.2 Å². The quantitative estimate of drug-likeness (QED) is 0.398. The molecule has 0 aliphatic rings. The van der Waals surface area contributed by atoms with Crippen molar-refractivity contribution in [1.82, 2.24) is 20.2 Å². The fraction of sp³-hybridized carbons (Fsp3) is 0.100. The number of aryl methyl sites for hydroxylation is 1. The van der Waals surface area contributed by atoms with Gasteiger partial charge in [0, 0.05) is 27.0 Å². The number of tetrazole rings is 1. The summed E-state index contributed by atoms with van der Waals surface area (Å²) in [5.41, 5.74) is 1.98. The summed E-state index contributed by atoms with van der Waals surface area (Å²) < 4.78 is 4.68. The fourth-order valence-corrected chi connectivity index (χ4v) is 3.99. The monoisotopic (exact) mass is 376 g/mol. The molecule has 2 aromatic heterocycles. The van der Waals surface area contributed by atoms with Gasteiger partial charge in [0.25, 0.3) is 0 Å². The lowest BCUT2D eigenvalue weighted by Crippen LogP contribution is -1.92. The largest absolute Gasteiger partial charge is 0.466 e. The first-order valence-electron chi connectivity index (χ1n) is 8.28. The first kappa shape index (κ1) is 17.1. The van der Waals surface area contributed by atoms with Crippen molar-refractivity contribution in [2.75, 3.05) is 7.11 Å². The zero-order valence-electron chi connectivity index (χ0n) is 14.8. The Morgan fingerprint density at radius 3 is 2.74 bits per heavy atom. The number of rotatable bonds is 4. The molecule has 0 fully saturated rings. The normalized spacial score (nSPS) is 11.3. The van der Waals surface area contributed by atoms with Gasteiger partial charge in [-0.05, 0) is 28.1 Å². The van der Waals surface area contributed by atoms with E-state index >= 15 is 0 Å². The Labute approximate surface area is 159 Å². The molecule has 0 radical (unpaired) electrons. The van der Waals surface area contributed by atoms with E-state index in [2.05, 4.69) is 44.4 Å². The summed E-state index contributed by atoms with van der Waals surface area (Å²) in [6.45, 7) is 0. The van der Waals surface area contributed by atoms with Gasteiger partial charge in [-0.15, -0.1) is 21.5 Å². The van der Waals surface area contributed by atoms with Crippen LogP contribution in [-0.4, -0.2) is 33.3 Å². The smallest absolute Gasteiger partial charge is 0.330 e. The Kier molecular flexibility index (Phi) is 4.52. The van der Waals surface area contributed by atoms with E-state index in [1.54, 1.807) is 24.5 Å². The molecular weight excluding hydrogens is 360 g/mol. The highest BCUT2D eigenvalue weighted by molar-refractivity contribution is 7.17. The Bertz CT molecular complexity index is 1150. The number of carbonyl (C=O) groups is 1. The maximum absolute atomic E-state index is 11.5. The van der Waals surface area contributed by atoms with Crippen LogP contribution in [0.1, 0.15) is 4.88 Å². The molecule has 7 heteroatoms. The number of ether oxygens (including phenoxy) is 1. The number of nitrogens with zero attached hydrogens (tertiary/aromatic N) is 4. The molecule has 0 N–H and O–H groups in total. The molecule has 0 bridgehead atoms. The minimum Gasteiger partial charge on any atom is -0.466 e. The molecule has 0 saturated carbocycles. The van der Waals surface area contributed by atoms with Crippen LogP contribution in [-0.2, 0) is 16.6 Å². The SMILES string of the molecule is COC(=O)C=Cc1cc(-c2nnn(C)n2)c(-c2cccc3ccccc23)s1. The first-order valence-corrected chi connectivity index (χ1v) is 9.10. The Balaban J connectivity index is 1.91. The van der Waals surface area contributed by atoms with Crippen LogP contribution in [0, 0.1) is 0 Å². The van der Waals surface area contributed by atoms with Gasteiger partial charge in [0.15, 0.2) is 0 Å². The lowest BCUT2D eigenvalue weighted by Gasteiger charge is -2.06.